The molecule has 0 saturated heterocycles. The van der Waals surface area contributed by atoms with E-state index in [9.17, 15) is 4.79 Å². The van der Waals surface area contributed by atoms with Gasteiger partial charge in [0.05, 0.1) is 6.61 Å². The second kappa shape index (κ2) is 6.29. The van der Waals surface area contributed by atoms with Gasteiger partial charge in [0, 0.05) is 12.2 Å². The van der Waals surface area contributed by atoms with E-state index in [1.807, 2.05) is 19.1 Å². The summed E-state index contributed by atoms with van der Waals surface area (Å²) in [7, 11) is 0. The van der Waals surface area contributed by atoms with E-state index in [4.69, 9.17) is 9.47 Å². The van der Waals surface area contributed by atoms with Gasteiger partial charge in [-0.3, -0.25) is 4.79 Å². The first-order valence-corrected chi connectivity index (χ1v) is 4.56. The van der Waals surface area contributed by atoms with E-state index in [2.05, 4.69) is 0 Å². The van der Waals surface area contributed by atoms with Crippen LogP contribution in [0.5, 0.6) is 0 Å². The van der Waals surface area contributed by atoms with Gasteiger partial charge in [-0.05, 0) is 12.5 Å². The Kier molecular flexibility index (Phi) is 4.89. The van der Waals surface area contributed by atoms with Crippen LogP contribution in [0.25, 0.3) is 0 Å². The lowest BCUT2D eigenvalue weighted by atomic mass is 10.2. The lowest BCUT2D eigenvalue weighted by Crippen LogP contribution is -1.99. The minimum absolute atomic E-state index is 0.311. The SMILES string of the molecule is CCOCOCc1ccc(C=O)cc1. The summed E-state index contributed by atoms with van der Waals surface area (Å²) < 4.78 is 10.2. The van der Waals surface area contributed by atoms with Gasteiger partial charge in [0.1, 0.15) is 13.1 Å². The van der Waals surface area contributed by atoms with Crippen molar-refractivity contribution in [2.24, 2.45) is 0 Å². The first-order valence-electron chi connectivity index (χ1n) is 4.56. The molecular weight excluding hydrogens is 180 g/mol. The normalized spacial score (nSPS) is 10.1. The highest BCUT2D eigenvalue weighted by atomic mass is 16.7. The number of hydrogen-bond acceptors (Lipinski definition) is 3. The fourth-order valence-corrected chi connectivity index (χ4v) is 0.994. The van der Waals surface area contributed by atoms with Crippen LogP contribution in [0.2, 0.25) is 0 Å². The van der Waals surface area contributed by atoms with E-state index in [-0.39, 0.29) is 0 Å². The van der Waals surface area contributed by atoms with Gasteiger partial charge in [0.25, 0.3) is 0 Å². The Balaban J connectivity index is 2.32. The molecule has 3 nitrogen and oxygen atoms in total. The van der Waals surface area contributed by atoms with Crippen LogP contribution in [-0.2, 0) is 16.1 Å². The highest BCUT2D eigenvalue weighted by molar-refractivity contribution is 5.74. The first-order chi connectivity index (χ1) is 6.86. The molecule has 0 aromatic heterocycles. The Labute approximate surface area is 83.6 Å². The maximum Gasteiger partial charge on any atom is 0.150 e. The molecule has 0 aliphatic heterocycles. The number of rotatable bonds is 6. The van der Waals surface area contributed by atoms with Gasteiger partial charge in [-0.1, -0.05) is 24.3 Å². The molecule has 3 heteroatoms. The number of ether oxygens (including phenoxy) is 2. The standard InChI is InChI=1S/C11H14O3/c1-2-13-9-14-8-11-5-3-10(7-12)4-6-11/h3-7H,2,8-9H2,1H3. The number of hydrogen-bond donors (Lipinski definition) is 0. The van der Waals surface area contributed by atoms with Crippen molar-refractivity contribution in [3.05, 3.63) is 35.4 Å². The number of carbonyl (C=O) groups is 1. The molecule has 1 aromatic carbocycles. The maximum atomic E-state index is 10.4. The van der Waals surface area contributed by atoms with Crippen LogP contribution in [0.3, 0.4) is 0 Å². The summed E-state index contributed by atoms with van der Waals surface area (Å²) in [5.41, 5.74) is 1.72. The highest BCUT2D eigenvalue weighted by Gasteiger charge is 1.93. The van der Waals surface area contributed by atoms with Gasteiger partial charge in [-0.15, -0.1) is 0 Å². The van der Waals surface area contributed by atoms with E-state index >= 15 is 0 Å². The molecule has 0 bridgehead atoms. The maximum absolute atomic E-state index is 10.4. The van der Waals surface area contributed by atoms with Crippen molar-refractivity contribution in [1.29, 1.82) is 0 Å². The lowest BCUT2D eigenvalue weighted by molar-refractivity contribution is -0.0571. The molecular formula is C11H14O3. The summed E-state index contributed by atoms with van der Waals surface area (Å²) in [6.45, 7) is 3.40. The highest BCUT2D eigenvalue weighted by Crippen LogP contribution is 2.03. The average molecular weight is 194 g/mol. The van der Waals surface area contributed by atoms with Crippen LogP contribution < -0.4 is 0 Å². The van der Waals surface area contributed by atoms with E-state index in [1.165, 1.54) is 0 Å². The summed E-state index contributed by atoms with van der Waals surface area (Å²) in [5.74, 6) is 0. The predicted octanol–water partition coefficient (Wildman–Crippen LogP) is 2.01. The van der Waals surface area contributed by atoms with Crippen LogP contribution in [0.4, 0.5) is 0 Å². The van der Waals surface area contributed by atoms with Crippen molar-refractivity contribution < 1.29 is 14.3 Å². The Morgan fingerprint density at radius 2 is 1.93 bits per heavy atom. The minimum Gasteiger partial charge on any atom is -0.356 e. The molecule has 1 rings (SSSR count). The molecule has 0 N–H and O–H groups in total. The summed E-state index contributed by atoms with van der Waals surface area (Å²) >= 11 is 0. The number of carbonyl (C=O) groups excluding carboxylic acids is 1. The van der Waals surface area contributed by atoms with Gasteiger partial charge in [0.15, 0.2) is 0 Å². The summed E-state index contributed by atoms with van der Waals surface area (Å²) in [6.07, 6.45) is 0.824. The lowest BCUT2D eigenvalue weighted by Gasteiger charge is -2.03. The van der Waals surface area contributed by atoms with Gasteiger partial charge in [-0.2, -0.15) is 0 Å². The van der Waals surface area contributed by atoms with E-state index in [0.717, 1.165) is 11.8 Å². The molecule has 0 atom stereocenters. The second-order valence-corrected chi connectivity index (χ2v) is 2.82. The third-order valence-corrected chi connectivity index (χ3v) is 1.76. The Morgan fingerprint density at radius 1 is 1.21 bits per heavy atom. The van der Waals surface area contributed by atoms with Gasteiger partial charge in [0.2, 0.25) is 0 Å². The first kappa shape index (κ1) is 10.9. The minimum atomic E-state index is 0.311. The summed E-state index contributed by atoms with van der Waals surface area (Å²) in [6, 6.07) is 7.28. The smallest absolute Gasteiger partial charge is 0.150 e. The molecule has 76 valence electrons. The third-order valence-electron chi connectivity index (χ3n) is 1.76. The molecule has 0 unspecified atom stereocenters. The molecule has 0 aliphatic rings. The van der Waals surface area contributed by atoms with Gasteiger partial charge in [-0.25, -0.2) is 0 Å². The van der Waals surface area contributed by atoms with Crippen LogP contribution in [0.1, 0.15) is 22.8 Å². The second-order valence-electron chi connectivity index (χ2n) is 2.82. The van der Waals surface area contributed by atoms with Crippen molar-refractivity contribution in [3.63, 3.8) is 0 Å². The van der Waals surface area contributed by atoms with Crippen LogP contribution >= 0.6 is 0 Å². The van der Waals surface area contributed by atoms with Crippen LogP contribution in [0, 0.1) is 0 Å². The Bertz CT molecular complexity index is 266. The van der Waals surface area contributed by atoms with Gasteiger partial charge >= 0.3 is 0 Å². The zero-order valence-corrected chi connectivity index (χ0v) is 8.23. The summed E-state index contributed by atoms with van der Waals surface area (Å²) in [5, 5.41) is 0. The topological polar surface area (TPSA) is 35.5 Å². The Hall–Kier alpha value is -1.19. The molecule has 0 heterocycles. The molecule has 0 aliphatic carbocycles. The molecule has 0 radical (unpaired) electrons. The molecule has 14 heavy (non-hydrogen) atoms. The monoisotopic (exact) mass is 194 g/mol. The van der Waals surface area contributed by atoms with Crippen molar-refractivity contribution in [2.45, 2.75) is 13.5 Å². The van der Waals surface area contributed by atoms with E-state index in [0.29, 0.717) is 25.6 Å². The zero-order chi connectivity index (χ0) is 10.2. The fourth-order valence-electron chi connectivity index (χ4n) is 0.994. The summed E-state index contributed by atoms with van der Waals surface area (Å²) in [4.78, 5) is 10.4. The molecule has 0 spiro atoms. The molecule has 1 aromatic rings. The molecule has 0 amide bonds. The quantitative estimate of drug-likeness (QED) is 0.395. The van der Waals surface area contributed by atoms with Crippen LogP contribution in [-0.4, -0.2) is 19.7 Å². The van der Waals surface area contributed by atoms with Crippen molar-refractivity contribution in [1.82, 2.24) is 0 Å². The van der Waals surface area contributed by atoms with Crippen LogP contribution in [0.15, 0.2) is 24.3 Å². The van der Waals surface area contributed by atoms with Crippen molar-refractivity contribution >= 4 is 6.29 Å². The molecule has 0 fully saturated rings. The van der Waals surface area contributed by atoms with E-state index in [1.54, 1.807) is 12.1 Å². The predicted molar refractivity (Wildman–Crippen MR) is 53.1 cm³/mol. The number of benzene rings is 1. The zero-order valence-electron chi connectivity index (χ0n) is 8.23. The van der Waals surface area contributed by atoms with Crippen molar-refractivity contribution in [2.75, 3.05) is 13.4 Å². The fraction of sp³-hybridized carbons (Fsp3) is 0.364. The van der Waals surface area contributed by atoms with E-state index < -0.39 is 0 Å². The van der Waals surface area contributed by atoms with Gasteiger partial charge < -0.3 is 9.47 Å². The largest absolute Gasteiger partial charge is 0.356 e. The number of aldehydes is 1. The van der Waals surface area contributed by atoms with Crippen molar-refractivity contribution in [3.8, 4) is 0 Å². The third kappa shape index (κ3) is 3.68. The Morgan fingerprint density at radius 3 is 2.50 bits per heavy atom. The molecule has 0 saturated carbocycles. The average Bonchev–Trinajstić information content (AvgIpc) is 2.25.